The van der Waals surface area contributed by atoms with Crippen molar-refractivity contribution in [3.8, 4) is 0 Å². The Morgan fingerprint density at radius 1 is 0.723 bits per heavy atom. The maximum Gasteiger partial charge on any atom is 0.408 e. The van der Waals surface area contributed by atoms with Gasteiger partial charge in [0, 0.05) is 6.42 Å². The highest BCUT2D eigenvalue weighted by molar-refractivity contribution is 5.87. The molecule has 4 atom stereocenters. The molecule has 3 amide bonds. The lowest BCUT2D eigenvalue weighted by Gasteiger charge is -2.41. The fraction of sp³-hybridized carbons (Fsp3) is 0.417. The molecule has 1 heterocycles. The van der Waals surface area contributed by atoms with Crippen LogP contribution in [0, 0.1) is 0 Å². The number of carbonyl (C=O) groups excluding carboxylic acids is 3. The first-order valence-electron chi connectivity index (χ1n) is 15.8. The molecule has 11 heteroatoms. The zero-order valence-electron chi connectivity index (χ0n) is 27.2. The molecule has 47 heavy (non-hydrogen) atoms. The summed E-state index contributed by atoms with van der Waals surface area (Å²) in [4.78, 5) is 37.0. The van der Waals surface area contributed by atoms with Crippen LogP contribution in [-0.2, 0) is 53.1 Å². The van der Waals surface area contributed by atoms with Crippen LogP contribution in [0.2, 0.25) is 0 Å². The lowest BCUT2D eigenvalue weighted by atomic mass is 10.00. The van der Waals surface area contributed by atoms with Crippen molar-refractivity contribution >= 4 is 17.9 Å². The molecule has 0 saturated carbocycles. The highest BCUT2D eigenvalue weighted by Gasteiger charge is 2.41. The fourth-order valence-corrected chi connectivity index (χ4v) is 4.88. The van der Waals surface area contributed by atoms with E-state index in [0.29, 0.717) is 26.2 Å². The molecule has 1 saturated heterocycles. The van der Waals surface area contributed by atoms with Gasteiger partial charge in [-0.05, 0) is 37.5 Å². The molecule has 1 fully saturated rings. The Hall–Kier alpha value is -4.29. The fourth-order valence-electron chi connectivity index (χ4n) is 4.88. The van der Waals surface area contributed by atoms with Gasteiger partial charge in [0.05, 0.1) is 39.1 Å². The first-order chi connectivity index (χ1) is 22.6. The summed E-state index contributed by atoms with van der Waals surface area (Å²) in [5, 5.41) is 7.72. The van der Waals surface area contributed by atoms with Crippen molar-refractivity contribution in [2.24, 2.45) is 0 Å². The highest BCUT2D eigenvalue weighted by atomic mass is 16.6. The van der Waals surface area contributed by atoms with Crippen LogP contribution in [-0.4, -0.2) is 67.7 Å². The largest absolute Gasteiger partial charge is 0.444 e. The summed E-state index contributed by atoms with van der Waals surface area (Å²) in [5.74, 6) is -1.00. The molecule has 0 bridgehead atoms. The monoisotopic (exact) mass is 647 g/mol. The zero-order valence-corrected chi connectivity index (χ0v) is 27.2. The van der Waals surface area contributed by atoms with Crippen molar-refractivity contribution in [2.75, 3.05) is 19.7 Å². The molecule has 252 valence electrons. The van der Waals surface area contributed by atoms with Gasteiger partial charge < -0.3 is 39.6 Å². The summed E-state index contributed by atoms with van der Waals surface area (Å²) in [7, 11) is 0. The van der Waals surface area contributed by atoms with E-state index < -0.39 is 48.0 Å². The highest BCUT2D eigenvalue weighted by Crippen LogP contribution is 2.27. The number of benzene rings is 3. The van der Waals surface area contributed by atoms with E-state index in [1.54, 1.807) is 20.8 Å². The maximum atomic E-state index is 12.9. The minimum absolute atomic E-state index is 0.193. The number of hydrogen-bond donors (Lipinski definition) is 3. The molecule has 0 radical (unpaired) electrons. The molecular weight excluding hydrogens is 602 g/mol. The van der Waals surface area contributed by atoms with Crippen LogP contribution in [0.5, 0.6) is 0 Å². The summed E-state index contributed by atoms with van der Waals surface area (Å²) < 4.78 is 30.5. The van der Waals surface area contributed by atoms with E-state index in [9.17, 15) is 14.4 Å². The Morgan fingerprint density at radius 3 is 1.83 bits per heavy atom. The lowest BCUT2D eigenvalue weighted by molar-refractivity contribution is -0.225. The molecule has 3 aromatic rings. The molecular formula is C36H45N3O8. The Kier molecular flexibility index (Phi) is 13.7. The summed E-state index contributed by atoms with van der Waals surface area (Å²) >= 11 is 0. The van der Waals surface area contributed by atoms with Gasteiger partial charge in [-0.25, -0.2) is 4.79 Å². The third-order valence-corrected chi connectivity index (χ3v) is 7.06. The van der Waals surface area contributed by atoms with Gasteiger partial charge in [-0.1, -0.05) is 91.0 Å². The van der Waals surface area contributed by atoms with Gasteiger partial charge in [-0.2, -0.15) is 0 Å². The van der Waals surface area contributed by atoms with E-state index in [1.165, 1.54) is 0 Å². The Balaban J connectivity index is 1.40. The van der Waals surface area contributed by atoms with E-state index in [1.807, 2.05) is 91.0 Å². The summed E-state index contributed by atoms with van der Waals surface area (Å²) in [6.45, 7) is 5.77. The van der Waals surface area contributed by atoms with Crippen molar-refractivity contribution in [3.05, 3.63) is 108 Å². The topological polar surface area (TPSA) is 133 Å². The van der Waals surface area contributed by atoms with E-state index in [-0.39, 0.29) is 19.7 Å². The van der Waals surface area contributed by atoms with Gasteiger partial charge in [0.1, 0.15) is 30.6 Å². The second kappa shape index (κ2) is 18.2. The predicted molar refractivity (Wildman–Crippen MR) is 175 cm³/mol. The van der Waals surface area contributed by atoms with Crippen LogP contribution in [0.1, 0.15) is 43.9 Å². The number of amides is 3. The Morgan fingerprint density at radius 2 is 1.26 bits per heavy atom. The molecule has 0 aliphatic carbocycles. The van der Waals surface area contributed by atoms with E-state index >= 15 is 0 Å². The molecule has 0 unspecified atom stereocenters. The number of alkyl carbamates (subject to hydrolysis) is 1. The number of ether oxygens (including phenoxy) is 5. The third kappa shape index (κ3) is 13.2. The van der Waals surface area contributed by atoms with Crippen LogP contribution in [0.25, 0.3) is 0 Å². The van der Waals surface area contributed by atoms with Crippen molar-refractivity contribution in [1.82, 2.24) is 16.0 Å². The van der Waals surface area contributed by atoms with Gasteiger partial charge in [0.25, 0.3) is 0 Å². The van der Waals surface area contributed by atoms with Gasteiger partial charge in [0.15, 0.2) is 0 Å². The number of rotatable bonds is 15. The second-order valence-corrected chi connectivity index (χ2v) is 12.2. The van der Waals surface area contributed by atoms with E-state index in [2.05, 4.69) is 16.0 Å². The SMILES string of the molecule is CC(C)(C)OC(=O)NCC(=O)NCC(=O)N[C@H]1C[C@@H](OCc2ccccc2)[C@@H](OCc2ccccc2)[C@@H](COCc2ccccc2)O1. The van der Waals surface area contributed by atoms with Crippen molar-refractivity contribution in [1.29, 1.82) is 0 Å². The van der Waals surface area contributed by atoms with Crippen molar-refractivity contribution in [2.45, 2.75) is 77.2 Å². The molecule has 0 aromatic heterocycles. The zero-order chi connectivity index (χ0) is 33.5. The molecule has 11 nitrogen and oxygen atoms in total. The number of carbonyl (C=O) groups is 3. The minimum atomic E-state index is -0.734. The Bertz CT molecular complexity index is 1390. The van der Waals surface area contributed by atoms with Crippen LogP contribution >= 0.6 is 0 Å². The number of hydrogen-bond acceptors (Lipinski definition) is 8. The number of nitrogens with one attached hydrogen (secondary N) is 3. The molecule has 4 rings (SSSR count). The predicted octanol–water partition coefficient (Wildman–Crippen LogP) is 4.25. The van der Waals surface area contributed by atoms with Crippen molar-refractivity contribution < 1.29 is 38.1 Å². The minimum Gasteiger partial charge on any atom is -0.444 e. The molecule has 0 spiro atoms. The smallest absolute Gasteiger partial charge is 0.408 e. The van der Waals surface area contributed by atoms with Crippen LogP contribution in [0.4, 0.5) is 4.79 Å². The van der Waals surface area contributed by atoms with Crippen molar-refractivity contribution in [3.63, 3.8) is 0 Å². The molecule has 3 aromatic carbocycles. The Labute approximate surface area is 276 Å². The van der Waals surface area contributed by atoms with Crippen LogP contribution < -0.4 is 16.0 Å². The summed E-state index contributed by atoms with van der Waals surface area (Å²) in [5.41, 5.74) is 2.33. The van der Waals surface area contributed by atoms with Crippen LogP contribution in [0.15, 0.2) is 91.0 Å². The lowest BCUT2D eigenvalue weighted by Crippen LogP contribution is -2.57. The average molecular weight is 648 g/mol. The normalized spacial score (nSPS) is 19.4. The second-order valence-electron chi connectivity index (χ2n) is 12.2. The molecule has 3 N–H and O–H groups in total. The summed E-state index contributed by atoms with van der Waals surface area (Å²) in [6, 6.07) is 29.5. The molecule has 1 aliphatic rings. The molecule has 1 aliphatic heterocycles. The third-order valence-electron chi connectivity index (χ3n) is 7.06. The maximum absolute atomic E-state index is 12.9. The van der Waals surface area contributed by atoms with Gasteiger partial charge in [0.2, 0.25) is 11.8 Å². The van der Waals surface area contributed by atoms with Gasteiger partial charge >= 0.3 is 6.09 Å². The summed E-state index contributed by atoms with van der Waals surface area (Å²) in [6.07, 6.45) is -2.67. The van der Waals surface area contributed by atoms with E-state index in [0.717, 1.165) is 16.7 Å². The van der Waals surface area contributed by atoms with E-state index in [4.69, 9.17) is 23.7 Å². The quantitative estimate of drug-likeness (QED) is 0.223. The van der Waals surface area contributed by atoms with Gasteiger partial charge in [-0.3, -0.25) is 9.59 Å². The first-order valence-corrected chi connectivity index (χ1v) is 15.8. The average Bonchev–Trinajstić information content (AvgIpc) is 3.05. The standard InChI is InChI=1S/C36H45N3O8/c1-36(2,3)47-35(42)38-20-31(40)37-21-32(41)39-33-19-29(44-23-27-15-9-5-10-16-27)34(45-24-28-17-11-6-12-18-28)30(46-33)25-43-22-26-13-7-4-8-14-26/h4-18,29-30,33-34H,19-25H2,1-3H3,(H,37,40)(H,38,42)(H,39,41)/t29-,30-,33-,34-/m1/s1. The van der Waals surface area contributed by atoms with Gasteiger partial charge in [-0.15, -0.1) is 0 Å². The first kappa shape index (κ1) is 35.6. The van der Waals surface area contributed by atoms with Crippen LogP contribution in [0.3, 0.4) is 0 Å².